The minimum Gasteiger partial charge on any atom is -0.493 e. The molecular weight excluding hydrogens is 468 g/mol. The summed E-state index contributed by atoms with van der Waals surface area (Å²) in [4.78, 5) is 4.61. The second-order valence-corrected chi connectivity index (χ2v) is 7.55. The van der Waals surface area contributed by atoms with Gasteiger partial charge in [-0.25, -0.2) is 4.39 Å². The molecule has 0 saturated heterocycles. The third kappa shape index (κ3) is 4.70. The summed E-state index contributed by atoms with van der Waals surface area (Å²) >= 11 is 2.19. The molecule has 0 atom stereocenters. The van der Waals surface area contributed by atoms with Gasteiger partial charge in [0.15, 0.2) is 11.5 Å². The lowest BCUT2D eigenvalue weighted by atomic mass is 10.1. The normalized spacial score (nSPS) is 11.0. The third-order valence-corrected chi connectivity index (χ3v) is 5.31. The van der Waals surface area contributed by atoms with E-state index in [4.69, 9.17) is 9.47 Å². The summed E-state index contributed by atoms with van der Waals surface area (Å²) in [6, 6.07) is 16.5. The Bertz CT molecular complexity index is 1020. The van der Waals surface area contributed by atoms with Gasteiger partial charge >= 0.3 is 0 Å². The summed E-state index contributed by atoms with van der Waals surface area (Å²) in [5.41, 5.74) is 4.71. The van der Waals surface area contributed by atoms with Gasteiger partial charge in [-0.2, -0.15) is 0 Å². The van der Waals surface area contributed by atoms with Crippen molar-refractivity contribution in [2.24, 2.45) is 4.99 Å². The molecule has 3 aromatic carbocycles. The molecule has 3 rings (SSSR count). The molecule has 0 fully saturated rings. The average Bonchev–Trinajstić information content (AvgIpc) is 2.69. The van der Waals surface area contributed by atoms with Crippen molar-refractivity contribution in [2.45, 2.75) is 20.5 Å². The number of aliphatic imine (C=N–C) groups is 1. The van der Waals surface area contributed by atoms with Crippen LogP contribution in [0.1, 0.15) is 22.3 Å². The monoisotopic (exact) mass is 489 g/mol. The van der Waals surface area contributed by atoms with Crippen molar-refractivity contribution in [2.75, 3.05) is 7.11 Å². The third-order valence-electron chi connectivity index (χ3n) is 4.51. The fraction of sp³-hybridized carbons (Fsp3) is 0.174. The second-order valence-electron chi connectivity index (χ2n) is 6.39. The Balaban J connectivity index is 1.84. The van der Waals surface area contributed by atoms with Crippen LogP contribution in [-0.4, -0.2) is 13.3 Å². The van der Waals surface area contributed by atoms with Crippen LogP contribution < -0.4 is 9.47 Å². The maximum Gasteiger partial charge on any atom is 0.174 e. The molecule has 0 aliphatic rings. The van der Waals surface area contributed by atoms with E-state index in [1.54, 1.807) is 25.3 Å². The lowest BCUT2D eigenvalue weighted by Gasteiger charge is -2.14. The predicted molar refractivity (Wildman–Crippen MR) is 120 cm³/mol. The standard InChI is InChI=1S/C23H21FINO2/c1-15-7-6-10-21(16(15)2)26-13-17-11-20(25)23(22(12-17)27-3)28-14-18-8-4-5-9-19(18)24/h4-13H,14H2,1-3H3. The first-order valence-electron chi connectivity index (χ1n) is 8.83. The number of aryl methyl sites for hydroxylation is 1. The summed E-state index contributed by atoms with van der Waals surface area (Å²) in [5, 5.41) is 0. The van der Waals surface area contributed by atoms with E-state index in [1.807, 2.05) is 30.5 Å². The number of halogens is 2. The lowest BCUT2D eigenvalue weighted by molar-refractivity contribution is 0.277. The van der Waals surface area contributed by atoms with Crippen molar-refractivity contribution in [1.29, 1.82) is 0 Å². The fourth-order valence-corrected chi connectivity index (χ4v) is 3.52. The molecule has 0 radical (unpaired) electrons. The van der Waals surface area contributed by atoms with Gasteiger partial charge in [0.05, 0.1) is 16.4 Å². The first kappa shape index (κ1) is 20.3. The molecule has 144 valence electrons. The zero-order valence-corrected chi connectivity index (χ0v) is 18.2. The molecule has 0 saturated carbocycles. The highest BCUT2D eigenvalue weighted by molar-refractivity contribution is 14.1. The smallest absolute Gasteiger partial charge is 0.174 e. The fourth-order valence-electron chi connectivity index (χ4n) is 2.74. The second kappa shape index (κ2) is 9.19. The van der Waals surface area contributed by atoms with Gasteiger partial charge in [0.2, 0.25) is 0 Å². The van der Waals surface area contributed by atoms with E-state index in [9.17, 15) is 4.39 Å². The average molecular weight is 489 g/mol. The van der Waals surface area contributed by atoms with Crippen LogP contribution in [0.4, 0.5) is 10.1 Å². The Labute approximate surface area is 178 Å². The molecule has 3 aromatic rings. The molecule has 0 N–H and O–H groups in total. The van der Waals surface area contributed by atoms with Crippen molar-refractivity contribution in [3.05, 3.63) is 86.2 Å². The van der Waals surface area contributed by atoms with Crippen LogP contribution in [-0.2, 0) is 6.61 Å². The summed E-state index contributed by atoms with van der Waals surface area (Å²) in [5.74, 6) is 0.898. The largest absolute Gasteiger partial charge is 0.493 e. The van der Waals surface area contributed by atoms with E-state index in [0.717, 1.165) is 20.4 Å². The van der Waals surface area contributed by atoms with Crippen molar-refractivity contribution in [3.63, 3.8) is 0 Å². The van der Waals surface area contributed by atoms with Crippen LogP contribution in [0.2, 0.25) is 0 Å². The van der Waals surface area contributed by atoms with Crippen molar-refractivity contribution < 1.29 is 13.9 Å². The van der Waals surface area contributed by atoms with Gasteiger partial charge in [0, 0.05) is 11.8 Å². The topological polar surface area (TPSA) is 30.8 Å². The first-order chi connectivity index (χ1) is 13.5. The quantitative estimate of drug-likeness (QED) is 0.297. The van der Waals surface area contributed by atoms with Gasteiger partial charge in [-0.15, -0.1) is 0 Å². The van der Waals surface area contributed by atoms with Gasteiger partial charge in [0.1, 0.15) is 12.4 Å². The maximum atomic E-state index is 13.8. The molecular formula is C23H21FINO2. The summed E-state index contributed by atoms with van der Waals surface area (Å²) < 4.78 is 26.1. The highest BCUT2D eigenvalue weighted by atomic mass is 127. The Morgan fingerprint density at radius 2 is 1.86 bits per heavy atom. The van der Waals surface area contributed by atoms with Crippen molar-refractivity contribution >= 4 is 34.5 Å². The number of rotatable bonds is 6. The first-order valence-corrected chi connectivity index (χ1v) is 9.91. The van der Waals surface area contributed by atoms with Gasteiger partial charge in [-0.05, 0) is 77.4 Å². The van der Waals surface area contributed by atoms with Crippen LogP contribution in [0, 0.1) is 23.2 Å². The van der Waals surface area contributed by atoms with E-state index in [1.165, 1.54) is 11.6 Å². The van der Waals surface area contributed by atoms with Gasteiger partial charge in [0.25, 0.3) is 0 Å². The maximum absolute atomic E-state index is 13.8. The number of ether oxygens (including phenoxy) is 2. The Kier molecular flexibility index (Phi) is 6.67. The molecule has 0 spiro atoms. The number of benzene rings is 3. The number of methoxy groups -OCH3 is 1. The summed E-state index contributed by atoms with van der Waals surface area (Å²) in [6.45, 7) is 4.27. The molecule has 0 unspecified atom stereocenters. The highest BCUT2D eigenvalue weighted by Gasteiger charge is 2.12. The molecule has 3 nitrogen and oxygen atoms in total. The molecule has 5 heteroatoms. The Morgan fingerprint density at radius 3 is 2.61 bits per heavy atom. The number of nitrogens with zero attached hydrogens (tertiary/aromatic N) is 1. The summed E-state index contributed by atoms with van der Waals surface area (Å²) in [7, 11) is 1.59. The van der Waals surface area contributed by atoms with Gasteiger partial charge in [-0.3, -0.25) is 4.99 Å². The summed E-state index contributed by atoms with van der Waals surface area (Å²) in [6.07, 6.45) is 1.81. The Hall–Kier alpha value is -2.41. The van der Waals surface area contributed by atoms with Crippen LogP contribution in [0.25, 0.3) is 0 Å². The molecule has 0 heterocycles. The number of hydrogen-bond acceptors (Lipinski definition) is 3. The van der Waals surface area contributed by atoms with E-state index >= 15 is 0 Å². The van der Waals surface area contributed by atoms with Crippen LogP contribution in [0.5, 0.6) is 11.5 Å². The lowest BCUT2D eigenvalue weighted by Crippen LogP contribution is -2.02. The van der Waals surface area contributed by atoms with Gasteiger partial charge < -0.3 is 9.47 Å². The SMILES string of the molecule is COc1cc(C=Nc2cccc(C)c2C)cc(I)c1OCc1ccccc1F. The van der Waals surface area contributed by atoms with Crippen LogP contribution >= 0.6 is 22.6 Å². The van der Waals surface area contributed by atoms with Gasteiger partial charge in [-0.1, -0.05) is 30.3 Å². The zero-order valence-electron chi connectivity index (χ0n) is 16.0. The molecule has 0 aliphatic heterocycles. The van der Waals surface area contributed by atoms with Crippen molar-refractivity contribution in [3.8, 4) is 11.5 Å². The number of hydrogen-bond donors (Lipinski definition) is 0. The highest BCUT2D eigenvalue weighted by Crippen LogP contribution is 2.34. The molecule has 0 bridgehead atoms. The van der Waals surface area contributed by atoms with Crippen molar-refractivity contribution in [1.82, 2.24) is 0 Å². The predicted octanol–water partition coefficient (Wildman–Crippen LogP) is 6.39. The Morgan fingerprint density at radius 1 is 1.07 bits per heavy atom. The molecule has 0 aromatic heterocycles. The zero-order chi connectivity index (χ0) is 20.1. The van der Waals surface area contributed by atoms with E-state index < -0.39 is 0 Å². The van der Waals surface area contributed by atoms with Crippen LogP contribution in [0.3, 0.4) is 0 Å². The van der Waals surface area contributed by atoms with E-state index in [0.29, 0.717) is 17.1 Å². The van der Waals surface area contributed by atoms with E-state index in [2.05, 4.69) is 47.5 Å². The minimum absolute atomic E-state index is 0.134. The van der Waals surface area contributed by atoms with Crippen LogP contribution in [0.15, 0.2) is 59.6 Å². The molecule has 28 heavy (non-hydrogen) atoms. The molecule has 0 aliphatic carbocycles. The van der Waals surface area contributed by atoms with E-state index in [-0.39, 0.29) is 12.4 Å². The minimum atomic E-state index is -0.284. The molecule has 0 amide bonds.